The number of carbonyl (C=O) groups excluding carboxylic acids is 1. The number of aromatic nitrogens is 1. The van der Waals surface area contributed by atoms with Gasteiger partial charge in [0.25, 0.3) is 0 Å². The first-order chi connectivity index (χ1) is 11.8. The van der Waals surface area contributed by atoms with Crippen molar-refractivity contribution >= 4 is 5.91 Å². The molecule has 1 aliphatic rings. The standard InChI is InChI=1S/C20H25N3O/c24-20(9-8-17-10-12-21-13-11-17)22-19-7-4-14-23(16-19)15-18-5-2-1-3-6-18/h1-3,5-6,10-13,19H,4,7-9,14-16H2,(H,22,24). The first kappa shape index (κ1) is 16.7. The van der Waals surface area contributed by atoms with Crippen LogP contribution in [0.3, 0.4) is 0 Å². The summed E-state index contributed by atoms with van der Waals surface area (Å²) in [5, 5.41) is 3.21. The lowest BCUT2D eigenvalue weighted by atomic mass is 10.0. The van der Waals surface area contributed by atoms with Crippen molar-refractivity contribution in [1.29, 1.82) is 0 Å². The molecule has 1 amide bonds. The second-order valence-corrected chi connectivity index (χ2v) is 6.48. The van der Waals surface area contributed by atoms with Gasteiger partial charge < -0.3 is 5.32 Å². The molecule has 1 aliphatic heterocycles. The quantitative estimate of drug-likeness (QED) is 0.889. The second kappa shape index (κ2) is 8.60. The third kappa shape index (κ3) is 5.17. The third-order valence-electron chi connectivity index (χ3n) is 4.51. The normalized spacial score (nSPS) is 18.2. The Bertz CT molecular complexity index is 630. The van der Waals surface area contributed by atoms with E-state index in [9.17, 15) is 4.79 Å². The predicted molar refractivity (Wildman–Crippen MR) is 95.4 cm³/mol. The lowest BCUT2D eigenvalue weighted by Gasteiger charge is -2.33. The number of rotatable bonds is 6. The topological polar surface area (TPSA) is 45.2 Å². The zero-order valence-corrected chi connectivity index (χ0v) is 14.0. The van der Waals surface area contributed by atoms with Crippen molar-refractivity contribution in [3.8, 4) is 0 Å². The van der Waals surface area contributed by atoms with E-state index in [0.29, 0.717) is 6.42 Å². The number of piperidine rings is 1. The summed E-state index contributed by atoms with van der Waals surface area (Å²) in [6, 6.07) is 14.7. The predicted octanol–water partition coefficient (Wildman–Crippen LogP) is 2.80. The molecule has 1 fully saturated rings. The van der Waals surface area contributed by atoms with Crippen LogP contribution in [0.4, 0.5) is 0 Å². The average Bonchev–Trinajstić information content (AvgIpc) is 2.62. The molecule has 24 heavy (non-hydrogen) atoms. The van der Waals surface area contributed by atoms with Crippen molar-refractivity contribution < 1.29 is 4.79 Å². The zero-order valence-electron chi connectivity index (χ0n) is 14.0. The van der Waals surface area contributed by atoms with Crippen LogP contribution >= 0.6 is 0 Å². The van der Waals surface area contributed by atoms with Gasteiger partial charge >= 0.3 is 0 Å². The highest BCUT2D eigenvalue weighted by Gasteiger charge is 2.21. The molecule has 1 aromatic carbocycles. The molecular formula is C20H25N3O. The van der Waals surface area contributed by atoms with Crippen LogP contribution in [0.25, 0.3) is 0 Å². The zero-order chi connectivity index (χ0) is 16.6. The Morgan fingerprint density at radius 2 is 1.92 bits per heavy atom. The summed E-state index contributed by atoms with van der Waals surface area (Å²) >= 11 is 0. The summed E-state index contributed by atoms with van der Waals surface area (Å²) in [4.78, 5) is 18.6. The highest BCUT2D eigenvalue weighted by atomic mass is 16.1. The summed E-state index contributed by atoms with van der Waals surface area (Å²) in [7, 11) is 0. The molecule has 0 spiro atoms. The lowest BCUT2D eigenvalue weighted by molar-refractivity contribution is -0.122. The van der Waals surface area contributed by atoms with Gasteiger partial charge in [-0.3, -0.25) is 14.7 Å². The van der Waals surface area contributed by atoms with Crippen molar-refractivity contribution in [1.82, 2.24) is 15.2 Å². The van der Waals surface area contributed by atoms with E-state index >= 15 is 0 Å². The van der Waals surface area contributed by atoms with E-state index in [0.717, 1.165) is 44.5 Å². The minimum Gasteiger partial charge on any atom is -0.352 e. The van der Waals surface area contributed by atoms with Gasteiger partial charge in [0.1, 0.15) is 0 Å². The van der Waals surface area contributed by atoms with E-state index in [1.165, 1.54) is 5.56 Å². The van der Waals surface area contributed by atoms with Gasteiger partial charge in [-0.15, -0.1) is 0 Å². The van der Waals surface area contributed by atoms with Crippen molar-refractivity contribution in [3.05, 3.63) is 66.0 Å². The first-order valence-electron chi connectivity index (χ1n) is 8.74. The molecule has 1 N–H and O–H groups in total. The maximum atomic E-state index is 12.2. The highest BCUT2D eigenvalue weighted by molar-refractivity contribution is 5.76. The second-order valence-electron chi connectivity index (χ2n) is 6.48. The monoisotopic (exact) mass is 323 g/mol. The summed E-state index contributed by atoms with van der Waals surface area (Å²) < 4.78 is 0. The van der Waals surface area contributed by atoms with Crippen molar-refractivity contribution in [3.63, 3.8) is 0 Å². The molecule has 126 valence electrons. The van der Waals surface area contributed by atoms with Crippen LogP contribution in [0.15, 0.2) is 54.9 Å². The molecular weight excluding hydrogens is 298 g/mol. The minimum absolute atomic E-state index is 0.151. The number of hydrogen-bond acceptors (Lipinski definition) is 3. The number of likely N-dealkylation sites (tertiary alicyclic amines) is 1. The minimum atomic E-state index is 0.151. The molecule has 3 rings (SSSR count). The Kier molecular flexibility index (Phi) is 5.96. The van der Waals surface area contributed by atoms with Crippen molar-refractivity contribution in [2.75, 3.05) is 13.1 Å². The number of nitrogens with one attached hydrogen (secondary N) is 1. The van der Waals surface area contributed by atoms with Crippen LogP contribution < -0.4 is 5.32 Å². The van der Waals surface area contributed by atoms with E-state index in [1.54, 1.807) is 12.4 Å². The number of carbonyl (C=O) groups is 1. The van der Waals surface area contributed by atoms with E-state index in [4.69, 9.17) is 0 Å². The lowest BCUT2D eigenvalue weighted by Crippen LogP contribution is -2.47. The largest absolute Gasteiger partial charge is 0.352 e. The molecule has 2 aromatic rings. The van der Waals surface area contributed by atoms with E-state index in [1.807, 2.05) is 18.2 Å². The number of aryl methyl sites for hydroxylation is 1. The fourth-order valence-corrected chi connectivity index (χ4v) is 3.27. The molecule has 1 aromatic heterocycles. The van der Waals surface area contributed by atoms with Gasteiger partial charge in [-0.25, -0.2) is 0 Å². The first-order valence-corrected chi connectivity index (χ1v) is 8.74. The molecule has 1 saturated heterocycles. The van der Waals surface area contributed by atoms with Crippen LogP contribution in [0.5, 0.6) is 0 Å². The molecule has 0 aliphatic carbocycles. The Morgan fingerprint density at radius 3 is 2.71 bits per heavy atom. The van der Waals surface area contributed by atoms with E-state index < -0.39 is 0 Å². The fraction of sp³-hybridized carbons (Fsp3) is 0.400. The molecule has 2 heterocycles. The summed E-state index contributed by atoms with van der Waals surface area (Å²) in [5.41, 5.74) is 2.50. The summed E-state index contributed by atoms with van der Waals surface area (Å²) in [5.74, 6) is 0.151. The van der Waals surface area contributed by atoms with E-state index in [-0.39, 0.29) is 11.9 Å². The van der Waals surface area contributed by atoms with Gasteiger partial charge in [-0.05, 0) is 49.1 Å². The van der Waals surface area contributed by atoms with E-state index in [2.05, 4.69) is 39.5 Å². The van der Waals surface area contributed by atoms with Crippen LogP contribution in [0.1, 0.15) is 30.4 Å². The van der Waals surface area contributed by atoms with Gasteiger partial charge in [-0.2, -0.15) is 0 Å². The van der Waals surface area contributed by atoms with Crippen LogP contribution in [0.2, 0.25) is 0 Å². The van der Waals surface area contributed by atoms with Crippen molar-refractivity contribution in [2.45, 2.75) is 38.3 Å². The Hall–Kier alpha value is -2.20. The Morgan fingerprint density at radius 1 is 1.12 bits per heavy atom. The number of benzene rings is 1. The molecule has 0 radical (unpaired) electrons. The smallest absolute Gasteiger partial charge is 0.220 e. The Balaban J connectivity index is 1.44. The molecule has 1 atom stereocenters. The van der Waals surface area contributed by atoms with Gasteiger partial charge in [-0.1, -0.05) is 30.3 Å². The van der Waals surface area contributed by atoms with Crippen LogP contribution in [0, 0.1) is 0 Å². The molecule has 4 heteroatoms. The third-order valence-corrected chi connectivity index (χ3v) is 4.51. The van der Waals surface area contributed by atoms with Gasteiger partial charge in [0, 0.05) is 37.9 Å². The number of hydrogen-bond donors (Lipinski definition) is 1. The van der Waals surface area contributed by atoms with Gasteiger partial charge in [0.05, 0.1) is 0 Å². The fourth-order valence-electron chi connectivity index (χ4n) is 3.27. The molecule has 4 nitrogen and oxygen atoms in total. The maximum Gasteiger partial charge on any atom is 0.220 e. The number of pyridine rings is 1. The molecule has 0 saturated carbocycles. The SMILES string of the molecule is O=C(CCc1ccncc1)NC1CCCN(Cc2ccccc2)C1. The Labute approximate surface area is 143 Å². The maximum absolute atomic E-state index is 12.2. The number of amides is 1. The summed E-state index contributed by atoms with van der Waals surface area (Å²) in [6.45, 7) is 3.01. The summed E-state index contributed by atoms with van der Waals surface area (Å²) in [6.07, 6.45) is 7.08. The highest BCUT2D eigenvalue weighted by Crippen LogP contribution is 2.14. The van der Waals surface area contributed by atoms with Gasteiger partial charge in [0.15, 0.2) is 0 Å². The van der Waals surface area contributed by atoms with Crippen LogP contribution in [-0.2, 0) is 17.8 Å². The van der Waals surface area contributed by atoms with Crippen LogP contribution in [-0.4, -0.2) is 34.9 Å². The average molecular weight is 323 g/mol. The van der Waals surface area contributed by atoms with Crippen molar-refractivity contribution in [2.24, 2.45) is 0 Å². The molecule has 0 bridgehead atoms. The number of nitrogens with zero attached hydrogens (tertiary/aromatic N) is 2. The van der Waals surface area contributed by atoms with Gasteiger partial charge in [0.2, 0.25) is 5.91 Å². The molecule has 1 unspecified atom stereocenters.